The van der Waals surface area contributed by atoms with Crippen molar-refractivity contribution in [3.8, 4) is 5.75 Å². The second kappa shape index (κ2) is 4.75. The molecule has 1 heterocycles. The number of para-hydroxylation sites is 1. The van der Waals surface area contributed by atoms with Crippen LogP contribution in [0.25, 0.3) is 0 Å². The van der Waals surface area contributed by atoms with Crippen LogP contribution in [0, 0.1) is 11.8 Å². The first-order valence-corrected chi connectivity index (χ1v) is 8.25. The Labute approximate surface area is 126 Å². The lowest BCUT2D eigenvalue weighted by Crippen LogP contribution is -2.36. The predicted molar refractivity (Wildman–Crippen MR) is 81.3 cm³/mol. The van der Waals surface area contributed by atoms with Gasteiger partial charge in [0.05, 0.1) is 6.61 Å². The number of ether oxygens (including phenoxy) is 1. The molecule has 0 unspecified atom stereocenters. The largest absolute Gasteiger partial charge is 0.493 e. The molecule has 4 rings (SSSR count). The van der Waals surface area contributed by atoms with Gasteiger partial charge in [0, 0.05) is 30.0 Å². The second-order valence-corrected chi connectivity index (χ2v) is 6.83. The van der Waals surface area contributed by atoms with E-state index < -0.39 is 0 Å². The molecule has 112 valence electrons. The summed E-state index contributed by atoms with van der Waals surface area (Å²) in [6, 6.07) is 8.27. The molecule has 0 saturated heterocycles. The van der Waals surface area contributed by atoms with Gasteiger partial charge < -0.3 is 9.64 Å². The van der Waals surface area contributed by atoms with Crippen molar-refractivity contribution in [3.05, 3.63) is 29.8 Å². The van der Waals surface area contributed by atoms with Crippen molar-refractivity contribution in [2.45, 2.75) is 38.0 Å². The number of hydrogen-bond acceptors (Lipinski definition) is 2. The van der Waals surface area contributed by atoms with Crippen molar-refractivity contribution in [1.82, 2.24) is 4.90 Å². The molecule has 0 N–H and O–H groups in total. The van der Waals surface area contributed by atoms with E-state index in [0.717, 1.165) is 44.2 Å². The summed E-state index contributed by atoms with van der Waals surface area (Å²) in [5.74, 6) is 2.32. The highest BCUT2D eigenvalue weighted by Crippen LogP contribution is 2.61. The minimum Gasteiger partial charge on any atom is -0.493 e. The summed E-state index contributed by atoms with van der Waals surface area (Å²) in [6.45, 7) is 4.67. The molecule has 3 nitrogen and oxygen atoms in total. The molecule has 0 radical (unpaired) electrons. The third-order valence-corrected chi connectivity index (χ3v) is 5.47. The number of fused-ring (bicyclic) bond motifs is 2. The minimum atomic E-state index is 0.0723. The van der Waals surface area contributed by atoms with E-state index in [0.29, 0.717) is 5.91 Å². The minimum absolute atomic E-state index is 0.0723. The van der Waals surface area contributed by atoms with Gasteiger partial charge in [-0.3, -0.25) is 4.79 Å². The van der Waals surface area contributed by atoms with Crippen LogP contribution in [-0.4, -0.2) is 30.5 Å². The van der Waals surface area contributed by atoms with Gasteiger partial charge in [-0.15, -0.1) is 0 Å². The Balaban J connectivity index is 1.55. The van der Waals surface area contributed by atoms with E-state index in [1.165, 1.54) is 18.4 Å². The molecule has 21 heavy (non-hydrogen) atoms. The maximum Gasteiger partial charge on any atom is 0.226 e. The standard InChI is InChI=1S/C18H23NO2/c1-2-19(12-13-7-8-13)17(20)15-11-18(15)9-10-21-16-6-4-3-5-14(16)18/h3-6,13,15H,2,7-12H2,1H3/t15-,18-/m0/s1. The number of benzene rings is 1. The van der Waals surface area contributed by atoms with Crippen molar-refractivity contribution in [2.75, 3.05) is 19.7 Å². The van der Waals surface area contributed by atoms with Crippen molar-refractivity contribution in [2.24, 2.45) is 11.8 Å². The van der Waals surface area contributed by atoms with Gasteiger partial charge in [-0.25, -0.2) is 0 Å². The zero-order chi connectivity index (χ0) is 14.4. The second-order valence-electron chi connectivity index (χ2n) is 6.83. The highest BCUT2D eigenvalue weighted by molar-refractivity contribution is 5.85. The molecule has 1 aromatic rings. The Morgan fingerprint density at radius 3 is 2.95 bits per heavy atom. The molecule has 3 aliphatic rings. The van der Waals surface area contributed by atoms with Crippen LogP contribution >= 0.6 is 0 Å². The predicted octanol–water partition coefficient (Wildman–Crippen LogP) is 2.99. The summed E-state index contributed by atoms with van der Waals surface area (Å²) in [5, 5.41) is 0. The van der Waals surface area contributed by atoms with Crippen LogP contribution in [0.2, 0.25) is 0 Å². The molecule has 0 aromatic heterocycles. The van der Waals surface area contributed by atoms with Gasteiger partial charge in [0.15, 0.2) is 0 Å². The quantitative estimate of drug-likeness (QED) is 0.851. The summed E-state index contributed by atoms with van der Waals surface area (Å²) in [6.07, 6.45) is 4.60. The average molecular weight is 285 g/mol. The van der Waals surface area contributed by atoms with Crippen molar-refractivity contribution in [1.29, 1.82) is 0 Å². The maximum atomic E-state index is 12.9. The third kappa shape index (κ3) is 2.14. The number of carbonyl (C=O) groups is 1. The lowest BCUT2D eigenvalue weighted by atomic mass is 9.87. The molecule has 2 fully saturated rings. The smallest absolute Gasteiger partial charge is 0.226 e. The summed E-state index contributed by atoms with van der Waals surface area (Å²) < 4.78 is 5.76. The van der Waals surface area contributed by atoms with Crippen LogP contribution < -0.4 is 4.74 Å². The SMILES string of the molecule is CCN(CC1CC1)C(=O)[C@@H]1C[C@]12CCOc1ccccc12. The Morgan fingerprint density at radius 2 is 2.19 bits per heavy atom. The zero-order valence-electron chi connectivity index (χ0n) is 12.7. The van der Waals surface area contributed by atoms with Crippen molar-refractivity contribution >= 4 is 5.91 Å². The van der Waals surface area contributed by atoms with E-state index in [1.807, 2.05) is 12.1 Å². The summed E-state index contributed by atoms with van der Waals surface area (Å²) in [7, 11) is 0. The molecule has 1 aromatic carbocycles. The first-order chi connectivity index (χ1) is 10.2. The Bertz CT molecular complexity index is 566. The van der Waals surface area contributed by atoms with Gasteiger partial charge in [-0.2, -0.15) is 0 Å². The van der Waals surface area contributed by atoms with E-state index in [2.05, 4.69) is 24.0 Å². The van der Waals surface area contributed by atoms with Gasteiger partial charge in [0.25, 0.3) is 0 Å². The fourth-order valence-corrected chi connectivity index (χ4v) is 3.89. The van der Waals surface area contributed by atoms with Gasteiger partial charge in [-0.1, -0.05) is 18.2 Å². The van der Waals surface area contributed by atoms with Crippen LogP contribution in [0.1, 0.15) is 38.2 Å². The third-order valence-electron chi connectivity index (χ3n) is 5.47. The first-order valence-electron chi connectivity index (χ1n) is 8.25. The Hall–Kier alpha value is -1.51. The number of nitrogens with zero attached hydrogens (tertiary/aromatic N) is 1. The van der Waals surface area contributed by atoms with Gasteiger partial charge in [0.1, 0.15) is 5.75 Å². The molecule has 1 spiro atoms. The molecule has 1 aliphatic heterocycles. The van der Waals surface area contributed by atoms with Gasteiger partial charge >= 0.3 is 0 Å². The van der Waals surface area contributed by atoms with Crippen molar-refractivity contribution < 1.29 is 9.53 Å². The van der Waals surface area contributed by atoms with Crippen LogP contribution in [0.5, 0.6) is 5.75 Å². The average Bonchev–Trinajstić information content (AvgIpc) is 3.42. The highest BCUT2D eigenvalue weighted by Gasteiger charge is 2.61. The van der Waals surface area contributed by atoms with Gasteiger partial charge in [0.2, 0.25) is 5.91 Å². The fraction of sp³-hybridized carbons (Fsp3) is 0.611. The zero-order valence-corrected chi connectivity index (χ0v) is 12.7. The molecule has 2 atom stereocenters. The first kappa shape index (κ1) is 13.2. The molecule has 1 amide bonds. The molecule has 2 saturated carbocycles. The Morgan fingerprint density at radius 1 is 1.38 bits per heavy atom. The van der Waals surface area contributed by atoms with E-state index in [4.69, 9.17) is 4.74 Å². The molecular weight excluding hydrogens is 262 g/mol. The van der Waals surface area contributed by atoms with Crippen LogP contribution in [-0.2, 0) is 10.2 Å². The normalized spacial score (nSPS) is 29.7. The van der Waals surface area contributed by atoms with Crippen LogP contribution in [0.4, 0.5) is 0 Å². The Kier molecular flexibility index (Phi) is 2.98. The van der Waals surface area contributed by atoms with E-state index >= 15 is 0 Å². The molecular formula is C18H23NO2. The van der Waals surface area contributed by atoms with E-state index in [1.54, 1.807) is 0 Å². The maximum absolute atomic E-state index is 12.9. The van der Waals surface area contributed by atoms with E-state index in [-0.39, 0.29) is 11.3 Å². The summed E-state index contributed by atoms with van der Waals surface area (Å²) in [5.41, 5.74) is 1.33. The number of amides is 1. The number of rotatable bonds is 4. The monoisotopic (exact) mass is 285 g/mol. The highest BCUT2D eigenvalue weighted by atomic mass is 16.5. The van der Waals surface area contributed by atoms with Crippen LogP contribution in [0.3, 0.4) is 0 Å². The van der Waals surface area contributed by atoms with Gasteiger partial charge in [-0.05, 0) is 44.6 Å². The summed E-state index contributed by atoms with van der Waals surface area (Å²) in [4.78, 5) is 15.0. The molecule has 3 heteroatoms. The van der Waals surface area contributed by atoms with Crippen molar-refractivity contribution in [3.63, 3.8) is 0 Å². The topological polar surface area (TPSA) is 29.5 Å². The molecule has 0 bridgehead atoms. The van der Waals surface area contributed by atoms with Crippen LogP contribution in [0.15, 0.2) is 24.3 Å². The summed E-state index contributed by atoms with van der Waals surface area (Å²) >= 11 is 0. The lowest BCUT2D eigenvalue weighted by molar-refractivity contribution is -0.133. The fourth-order valence-electron chi connectivity index (χ4n) is 3.89. The molecule has 2 aliphatic carbocycles. The van der Waals surface area contributed by atoms with E-state index in [9.17, 15) is 4.79 Å². The lowest BCUT2D eigenvalue weighted by Gasteiger charge is -2.28. The number of carbonyl (C=O) groups excluding carboxylic acids is 1. The number of hydrogen-bond donors (Lipinski definition) is 0.